The van der Waals surface area contributed by atoms with E-state index in [0.717, 1.165) is 17.2 Å². The van der Waals surface area contributed by atoms with Gasteiger partial charge in [-0.2, -0.15) is 13.2 Å². The molecule has 0 aliphatic carbocycles. The molecule has 0 N–H and O–H groups in total. The molecule has 106 valence electrons. The molecule has 0 saturated carbocycles. The van der Waals surface area contributed by atoms with E-state index in [0.29, 0.717) is 11.1 Å². The molecule has 0 radical (unpaired) electrons. The van der Waals surface area contributed by atoms with Gasteiger partial charge in [0.1, 0.15) is 0 Å². The molecule has 0 amide bonds. The van der Waals surface area contributed by atoms with E-state index in [4.69, 9.17) is 0 Å². The van der Waals surface area contributed by atoms with Gasteiger partial charge in [-0.15, -0.1) is 0 Å². The summed E-state index contributed by atoms with van der Waals surface area (Å²) >= 11 is 0. The zero-order valence-electron chi connectivity index (χ0n) is 11.3. The Morgan fingerprint density at radius 3 is 2.29 bits per heavy atom. The van der Waals surface area contributed by atoms with Gasteiger partial charge in [0.05, 0.1) is 11.1 Å². The van der Waals surface area contributed by atoms with Crippen LogP contribution in [0, 0.1) is 6.92 Å². The summed E-state index contributed by atoms with van der Waals surface area (Å²) in [6.07, 6.45) is -4.40. The topological polar surface area (TPSA) is 12.9 Å². The van der Waals surface area contributed by atoms with Crippen molar-refractivity contribution in [1.29, 1.82) is 0 Å². The van der Waals surface area contributed by atoms with Crippen molar-refractivity contribution in [2.24, 2.45) is 0 Å². The molecule has 4 heteroatoms. The number of aryl methyl sites for hydroxylation is 1. The number of pyridine rings is 1. The summed E-state index contributed by atoms with van der Waals surface area (Å²) in [5.74, 6) is 0. The smallest absolute Gasteiger partial charge is 0.252 e. The van der Waals surface area contributed by atoms with Crippen molar-refractivity contribution >= 4 is 10.9 Å². The molecule has 0 unspecified atom stereocenters. The Labute approximate surface area is 120 Å². The van der Waals surface area contributed by atoms with Crippen LogP contribution in [0.15, 0.2) is 54.6 Å². The van der Waals surface area contributed by atoms with Crippen molar-refractivity contribution in [3.8, 4) is 11.1 Å². The van der Waals surface area contributed by atoms with Crippen LogP contribution in [0.2, 0.25) is 0 Å². The van der Waals surface area contributed by atoms with Gasteiger partial charge in [-0.05, 0) is 24.6 Å². The van der Waals surface area contributed by atoms with E-state index in [1.807, 2.05) is 30.3 Å². The SMILES string of the molecule is Cc1nc2c(C(F)(F)F)cccc2cc1-c1ccccc1. The van der Waals surface area contributed by atoms with E-state index in [-0.39, 0.29) is 5.52 Å². The Hall–Kier alpha value is -2.36. The highest BCUT2D eigenvalue weighted by Crippen LogP contribution is 2.35. The molecule has 0 atom stereocenters. The molecule has 0 fully saturated rings. The maximum absolute atomic E-state index is 13.0. The van der Waals surface area contributed by atoms with Crippen LogP contribution in [0.25, 0.3) is 22.0 Å². The van der Waals surface area contributed by atoms with E-state index in [1.54, 1.807) is 19.1 Å². The number of nitrogens with zero attached hydrogens (tertiary/aromatic N) is 1. The van der Waals surface area contributed by atoms with Crippen molar-refractivity contribution in [3.63, 3.8) is 0 Å². The molecule has 1 nitrogen and oxygen atoms in total. The fourth-order valence-corrected chi connectivity index (χ4v) is 2.43. The van der Waals surface area contributed by atoms with Gasteiger partial charge in [-0.3, -0.25) is 4.98 Å². The predicted molar refractivity (Wildman–Crippen MR) is 76.9 cm³/mol. The number of halogens is 3. The van der Waals surface area contributed by atoms with E-state index in [2.05, 4.69) is 4.98 Å². The van der Waals surface area contributed by atoms with E-state index in [9.17, 15) is 13.2 Å². The van der Waals surface area contributed by atoms with E-state index >= 15 is 0 Å². The second-order valence-electron chi connectivity index (χ2n) is 4.86. The lowest BCUT2D eigenvalue weighted by Gasteiger charge is -2.12. The first-order chi connectivity index (χ1) is 9.97. The summed E-state index contributed by atoms with van der Waals surface area (Å²) in [5.41, 5.74) is 1.69. The first kappa shape index (κ1) is 13.6. The van der Waals surface area contributed by atoms with E-state index in [1.165, 1.54) is 6.07 Å². The highest BCUT2D eigenvalue weighted by atomic mass is 19.4. The van der Waals surface area contributed by atoms with E-state index < -0.39 is 11.7 Å². The van der Waals surface area contributed by atoms with Crippen LogP contribution in [0.5, 0.6) is 0 Å². The van der Waals surface area contributed by atoms with Crippen molar-refractivity contribution in [2.75, 3.05) is 0 Å². The van der Waals surface area contributed by atoms with Crippen LogP contribution in [0.4, 0.5) is 13.2 Å². The van der Waals surface area contributed by atoms with Crippen LogP contribution in [0.3, 0.4) is 0 Å². The molecule has 0 spiro atoms. The number of benzene rings is 2. The van der Waals surface area contributed by atoms with Gasteiger partial charge in [0, 0.05) is 16.6 Å². The van der Waals surface area contributed by atoms with Gasteiger partial charge in [0.25, 0.3) is 0 Å². The number of alkyl halides is 3. The Bertz CT molecular complexity index is 792. The third-order valence-electron chi connectivity index (χ3n) is 3.43. The molecular weight excluding hydrogens is 275 g/mol. The summed E-state index contributed by atoms with van der Waals surface area (Å²) in [7, 11) is 0. The number of aromatic nitrogens is 1. The van der Waals surface area contributed by atoms with Gasteiger partial charge in [0.15, 0.2) is 0 Å². The third-order valence-corrected chi connectivity index (χ3v) is 3.43. The van der Waals surface area contributed by atoms with Gasteiger partial charge >= 0.3 is 6.18 Å². The summed E-state index contributed by atoms with van der Waals surface area (Å²) in [6.45, 7) is 1.73. The van der Waals surface area contributed by atoms with Gasteiger partial charge in [-0.1, -0.05) is 42.5 Å². The largest absolute Gasteiger partial charge is 0.418 e. The number of hydrogen-bond donors (Lipinski definition) is 0. The average Bonchev–Trinajstić information content (AvgIpc) is 2.46. The number of para-hydroxylation sites is 1. The Morgan fingerprint density at radius 2 is 1.62 bits per heavy atom. The summed E-state index contributed by atoms with van der Waals surface area (Å²) in [5, 5.41) is 0.495. The predicted octanol–water partition coefficient (Wildman–Crippen LogP) is 5.23. The first-order valence-corrected chi connectivity index (χ1v) is 6.50. The minimum absolute atomic E-state index is 0.00202. The van der Waals surface area contributed by atoms with Crippen LogP contribution in [0.1, 0.15) is 11.3 Å². The maximum atomic E-state index is 13.0. The highest BCUT2D eigenvalue weighted by Gasteiger charge is 2.33. The molecule has 2 aromatic carbocycles. The molecule has 3 aromatic rings. The number of fused-ring (bicyclic) bond motifs is 1. The van der Waals surface area contributed by atoms with Crippen molar-refractivity contribution in [1.82, 2.24) is 4.98 Å². The minimum atomic E-state index is -4.40. The van der Waals surface area contributed by atoms with Crippen molar-refractivity contribution in [2.45, 2.75) is 13.1 Å². The molecular formula is C17H12F3N. The molecule has 1 heterocycles. The standard InChI is InChI=1S/C17H12F3N/c1-11-14(12-6-3-2-4-7-12)10-13-8-5-9-15(16(13)21-11)17(18,19)20/h2-10H,1H3. The number of hydrogen-bond acceptors (Lipinski definition) is 1. The average molecular weight is 287 g/mol. The first-order valence-electron chi connectivity index (χ1n) is 6.50. The van der Waals surface area contributed by atoms with Crippen LogP contribution in [-0.2, 0) is 6.18 Å². The van der Waals surface area contributed by atoms with Crippen LogP contribution < -0.4 is 0 Å². The van der Waals surface area contributed by atoms with Crippen LogP contribution in [-0.4, -0.2) is 4.98 Å². The molecule has 3 rings (SSSR count). The molecule has 0 aliphatic rings. The fourth-order valence-electron chi connectivity index (χ4n) is 2.43. The lowest BCUT2D eigenvalue weighted by Crippen LogP contribution is -2.07. The normalized spacial score (nSPS) is 11.8. The Morgan fingerprint density at radius 1 is 0.905 bits per heavy atom. The fraction of sp³-hybridized carbons (Fsp3) is 0.118. The van der Waals surface area contributed by atoms with Crippen molar-refractivity contribution in [3.05, 3.63) is 65.9 Å². The summed E-state index contributed by atoms with van der Waals surface area (Å²) in [4.78, 5) is 4.20. The Kier molecular flexibility index (Phi) is 3.16. The van der Waals surface area contributed by atoms with Crippen LogP contribution >= 0.6 is 0 Å². The minimum Gasteiger partial charge on any atom is -0.252 e. The lowest BCUT2D eigenvalue weighted by atomic mass is 10.0. The quantitative estimate of drug-likeness (QED) is 0.597. The highest BCUT2D eigenvalue weighted by molar-refractivity contribution is 5.87. The molecule has 21 heavy (non-hydrogen) atoms. The molecule has 0 bridgehead atoms. The zero-order valence-corrected chi connectivity index (χ0v) is 11.3. The summed E-state index contributed by atoms with van der Waals surface area (Å²) in [6, 6.07) is 15.4. The zero-order chi connectivity index (χ0) is 15.0. The Balaban J connectivity index is 2.27. The summed E-state index contributed by atoms with van der Waals surface area (Å²) < 4.78 is 39.1. The second kappa shape index (κ2) is 4.88. The van der Waals surface area contributed by atoms with Gasteiger partial charge < -0.3 is 0 Å². The second-order valence-corrected chi connectivity index (χ2v) is 4.86. The third kappa shape index (κ3) is 2.49. The number of rotatable bonds is 1. The monoisotopic (exact) mass is 287 g/mol. The maximum Gasteiger partial charge on any atom is 0.418 e. The van der Waals surface area contributed by atoms with Gasteiger partial charge in [-0.25, -0.2) is 0 Å². The molecule has 0 saturated heterocycles. The van der Waals surface area contributed by atoms with Crippen molar-refractivity contribution < 1.29 is 13.2 Å². The molecule has 0 aliphatic heterocycles. The lowest BCUT2D eigenvalue weighted by molar-refractivity contribution is -0.136. The van der Waals surface area contributed by atoms with Gasteiger partial charge in [0.2, 0.25) is 0 Å². The molecule has 1 aromatic heterocycles.